The molecule has 4 rings (SSSR count). The number of aromatic nitrogens is 4. The highest BCUT2D eigenvalue weighted by molar-refractivity contribution is 7.17. The van der Waals surface area contributed by atoms with Gasteiger partial charge in [0.2, 0.25) is 11.9 Å². The van der Waals surface area contributed by atoms with Crippen LogP contribution in [0.4, 0.5) is 22.7 Å². The van der Waals surface area contributed by atoms with E-state index < -0.39 is 0 Å². The van der Waals surface area contributed by atoms with Crippen LogP contribution >= 0.6 is 11.3 Å². The predicted octanol–water partition coefficient (Wildman–Crippen LogP) is 3.64. The van der Waals surface area contributed by atoms with Crippen LogP contribution in [0.3, 0.4) is 0 Å². The molecule has 0 bridgehead atoms. The van der Waals surface area contributed by atoms with Crippen molar-refractivity contribution >= 4 is 40.0 Å². The number of hydrogen-bond donors (Lipinski definition) is 3. The Balaban J connectivity index is 1.35. The molecular formula is C24H32N8O2S. The fourth-order valence-corrected chi connectivity index (χ4v) is 4.46. The lowest BCUT2D eigenvalue weighted by molar-refractivity contribution is 0.0378. The van der Waals surface area contributed by atoms with Gasteiger partial charge in [0, 0.05) is 31.7 Å². The molecule has 1 saturated heterocycles. The number of para-hydroxylation sites is 1. The van der Waals surface area contributed by atoms with E-state index in [0.717, 1.165) is 62.6 Å². The summed E-state index contributed by atoms with van der Waals surface area (Å²) in [4.78, 5) is 33.5. The molecular weight excluding hydrogens is 464 g/mol. The molecule has 1 aliphatic heterocycles. The number of rotatable bonds is 10. The molecule has 3 aromatic rings. The van der Waals surface area contributed by atoms with Crippen LogP contribution in [0.1, 0.15) is 40.0 Å². The summed E-state index contributed by atoms with van der Waals surface area (Å²) in [6.07, 6.45) is 3.23. The maximum atomic E-state index is 12.8. The Bertz CT molecular complexity index is 1130. The van der Waals surface area contributed by atoms with Gasteiger partial charge in [0.1, 0.15) is 10.7 Å². The minimum atomic E-state index is -0.194. The van der Waals surface area contributed by atoms with Gasteiger partial charge < -0.3 is 15.4 Å². The molecule has 0 radical (unpaired) electrons. The first-order chi connectivity index (χ1) is 17.0. The van der Waals surface area contributed by atoms with Crippen molar-refractivity contribution in [3.8, 4) is 0 Å². The zero-order valence-electron chi connectivity index (χ0n) is 20.4. The first kappa shape index (κ1) is 25.0. The van der Waals surface area contributed by atoms with E-state index in [1.807, 2.05) is 39.0 Å². The molecule has 10 nitrogen and oxygen atoms in total. The van der Waals surface area contributed by atoms with Gasteiger partial charge in [-0.05, 0) is 37.9 Å². The van der Waals surface area contributed by atoms with Crippen molar-refractivity contribution in [1.29, 1.82) is 0 Å². The molecule has 11 heteroatoms. The number of carbonyl (C=O) groups excluding carboxylic acids is 1. The van der Waals surface area contributed by atoms with Crippen molar-refractivity contribution in [2.45, 2.75) is 33.6 Å². The molecule has 3 heterocycles. The van der Waals surface area contributed by atoms with E-state index in [0.29, 0.717) is 34.2 Å². The predicted molar refractivity (Wildman–Crippen MR) is 139 cm³/mol. The van der Waals surface area contributed by atoms with Crippen molar-refractivity contribution < 1.29 is 9.53 Å². The lowest BCUT2D eigenvalue weighted by Gasteiger charge is -2.26. The highest BCUT2D eigenvalue weighted by Crippen LogP contribution is 2.25. The number of nitrogens with zero attached hydrogens (tertiary/aromatic N) is 5. The van der Waals surface area contributed by atoms with Gasteiger partial charge in [0.25, 0.3) is 5.91 Å². The monoisotopic (exact) mass is 496 g/mol. The number of nitrogens with one attached hydrogen (secondary N) is 3. The molecule has 1 amide bonds. The maximum absolute atomic E-state index is 12.8. The van der Waals surface area contributed by atoms with E-state index >= 15 is 0 Å². The van der Waals surface area contributed by atoms with Crippen molar-refractivity contribution in [2.75, 3.05) is 55.3 Å². The second-order valence-electron chi connectivity index (χ2n) is 8.36. The Morgan fingerprint density at radius 3 is 2.60 bits per heavy atom. The van der Waals surface area contributed by atoms with Crippen LogP contribution in [0.2, 0.25) is 0 Å². The largest absolute Gasteiger partial charge is 0.379 e. The van der Waals surface area contributed by atoms with E-state index in [-0.39, 0.29) is 5.91 Å². The van der Waals surface area contributed by atoms with Crippen molar-refractivity contribution in [3.63, 3.8) is 0 Å². The topological polar surface area (TPSA) is 117 Å². The summed E-state index contributed by atoms with van der Waals surface area (Å²) in [5.41, 5.74) is 2.86. The highest BCUT2D eigenvalue weighted by Gasteiger charge is 2.15. The molecule has 0 unspecified atom stereocenters. The number of anilines is 4. The third-order valence-electron chi connectivity index (χ3n) is 5.70. The molecule has 0 saturated carbocycles. The Hall–Kier alpha value is -3.15. The molecule has 0 atom stereocenters. The highest BCUT2D eigenvalue weighted by atomic mass is 32.1. The Morgan fingerprint density at radius 2 is 1.86 bits per heavy atom. The van der Waals surface area contributed by atoms with Crippen LogP contribution in [0, 0.1) is 13.8 Å². The molecule has 186 valence electrons. The number of ether oxygens (including phenoxy) is 1. The summed E-state index contributed by atoms with van der Waals surface area (Å²) in [5.74, 6) is 1.43. The molecule has 0 spiro atoms. The standard InChI is InChI=1S/C24H32N8O2S/c1-4-19-27-22(25-9-6-10-32-11-13-34-14-12-32)30-23(28-19)31-24-26-15-18(35-24)21(33)29-20-16(2)7-5-8-17(20)3/h5,7-8,15H,4,6,9-14H2,1-3H3,(H,29,33)(H2,25,26,27,28,30,31). The minimum absolute atomic E-state index is 0.194. The molecule has 1 aromatic carbocycles. The lowest BCUT2D eigenvalue weighted by Crippen LogP contribution is -2.37. The summed E-state index contributed by atoms with van der Waals surface area (Å²) in [7, 11) is 0. The van der Waals surface area contributed by atoms with Crippen molar-refractivity contribution in [2.24, 2.45) is 0 Å². The number of aryl methyl sites for hydroxylation is 3. The van der Waals surface area contributed by atoms with Gasteiger partial charge in [-0.2, -0.15) is 15.0 Å². The van der Waals surface area contributed by atoms with Crippen LogP contribution in [-0.2, 0) is 11.2 Å². The molecule has 0 aliphatic carbocycles. The van der Waals surface area contributed by atoms with Crippen LogP contribution in [0.25, 0.3) is 0 Å². The third kappa shape index (κ3) is 6.93. The fourth-order valence-electron chi connectivity index (χ4n) is 3.76. The number of thiazole rings is 1. The average Bonchev–Trinajstić information content (AvgIpc) is 3.33. The van der Waals surface area contributed by atoms with E-state index in [1.165, 1.54) is 11.3 Å². The smallest absolute Gasteiger partial charge is 0.267 e. The lowest BCUT2D eigenvalue weighted by atomic mass is 10.1. The second kappa shape index (κ2) is 12.0. The third-order valence-corrected chi connectivity index (χ3v) is 6.62. The number of amides is 1. The molecule has 3 N–H and O–H groups in total. The van der Waals surface area contributed by atoms with E-state index in [4.69, 9.17) is 4.74 Å². The number of morpholine rings is 1. The summed E-state index contributed by atoms with van der Waals surface area (Å²) in [6, 6.07) is 5.92. The Labute approximate surface area is 209 Å². The molecule has 35 heavy (non-hydrogen) atoms. The Morgan fingerprint density at radius 1 is 1.11 bits per heavy atom. The van der Waals surface area contributed by atoms with Crippen molar-refractivity contribution in [3.05, 3.63) is 46.2 Å². The number of benzene rings is 1. The molecule has 2 aromatic heterocycles. The van der Waals surface area contributed by atoms with Gasteiger partial charge in [0.05, 0.1) is 19.4 Å². The normalized spacial score (nSPS) is 14.0. The van der Waals surface area contributed by atoms with Crippen molar-refractivity contribution in [1.82, 2.24) is 24.8 Å². The first-order valence-corrected chi connectivity index (χ1v) is 12.7. The molecule has 1 fully saturated rings. The minimum Gasteiger partial charge on any atom is -0.379 e. The average molecular weight is 497 g/mol. The quantitative estimate of drug-likeness (QED) is 0.362. The van der Waals surface area contributed by atoms with Gasteiger partial charge in [0.15, 0.2) is 5.13 Å². The maximum Gasteiger partial charge on any atom is 0.267 e. The van der Waals surface area contributed by atoms with E-state index in [2.05, 4.69) is 40.8 Å². The fraction of sp³-hybridized carbons (Fsp3) is 0.458. The van der Waals surface area contributed by atoms with Crippen LogP contribution < -0.4 is 16.0 Å². The van der Waals surface area contributed by atoms with Crippen LogP contribution in [0.5, 0.6) is 0 Å². The van der Waals surface area contributed by atoms with Gasteiger partial charge in [-0.15, -0.1) is 0 Å². The zero-order chi connectivity index (χ0) is 24.6. The van der Waals surface area contributed by atoms with Gasteiger partial charge in [-0.3, -0.25) is 15.0 Å². The van der Waals surface area contributed by atoms with Crippen LogP contribution in [0.15, 0.2) is 24.4 Å². The number of hydrogen-bond acceptors (Lipinski definition) is 10. The van der Waals surface area contributed by atoms with Crippen LogP contribution in [-0.4, -0.2) is 70.1 Å². The molecule has 1 aliphatic rings. The van der Waals surface area contributed by atoms with E-state index in [9.17, 15) is 4.79 Å². The second-order valence-corrected chi connectivity index (χ2v) is 9.39. The summed E-state index contributed by atoms with van der Waals surface area (Å²) < 4.78 is 5.40. The summed E-state index contributed by atoms with van der Waals surface area (Å²) >= 11 is 1.25. The Kier molecular flexibility index (Phi) is 8.56. The summed E-state index contributed by atoms with van der Waals surface area (Å²) in [5, 5.41) is 9.97. The zero-order valence-corrected chi connectivity index (χ0v) is 21.2. The van der Waals surface area contributed by atoms with Gasteiger partial charge in [-0.1, -0.05) is 36.5 Å². The van der Waals surface area contributed by atoms with E-state index in [1.54, 1.807) is 6.20 Å². The van der Waals surface area contributed by atoms with Gasteiger partial charge in [-0.25, -0.2) is 4.98 Å². The number of carbonyl (C=O) groups is 1. The SMILES string of the molecule is CCc1nc(NCCCN2CCOCC2)nc(Nc2ncc(C(=O)Nc3c(C)cccc3C)s2)n1. The summed E-state index contributed by atoms with van der Waals surface area (Å²) in [6.45, 7) is 11.3. The van der Waals surface area contributed by atoms with Gasteiger partial charge >= 0.3 is 0 Å². The first-order valence-electron chi connectivity index (χ1n) is 11.9.